The molecule has 6 rings (SSSR count). The van der Waals surface area contributed by atoms with Crippen molar-refractivity contribution in [1.29, 1.82) is 0 Å². The summed E-state index contributed by atoms with van der Waals surface area (Å²) in [5.74, 6) is -2.00. The quantitative estimate of drug-likeness (QED) is 0.550. The fourth-order valence-electron chi connectivity index (χ4n) is 5.51. The molecule has 1 aromatic carbocycles. The van der Waals surface area contributed by atoms with Crippen LogP contribution < -0.4 is 15.0 Å². The molecule has 2 aromatic heterocycles. The average molecular weight is 487 g/mol. The number of piperidine rings is 1. The monoisotopic (exact) mass is 487 g/mol. The molecule has 1 aliphatic carbocycles. The first-order valence-corrected chi connectivity index (χ1v) is 11.6. The van der Waals surface area contributed by atoms with Crippen molar-refractivity contribution in [1.82, 2.24) is 25.0 Å². The zero-order valence-electron chi connectivity index (χ0n) is 19.0. The molecule has 0 spiro atoms. The van der Waals surface area contributed by atoms with Crippen LogP contribution in [0.4, 0.5) is 24.8 Å². The van der Waals surface area contributed by atoms with Crippen LogP contribution in [0.1, 0.15) is 30.3 Å². The molecule has 4 heterocycles. The van der Waals surface area contributed by atoms with E-state index in [0.29, 0.717) is 36.0 Å². The van der Waals surface area contributed by atoms with Crippen LogP contribution in [-0.4, -0.2) is 57.8 Å². The second-order valence-electron chi connectivity index (χ2n) is 9.16. The summed E-state index contributed by atoms with van der Waals surface area (Å²) in [5.41, 5.74) is 0.884. The molecule has 9 nitrogen and oxygen atoms in total. The maximum absolute atomic E-state index is 14.5. The maximum Gasteiger partial charge on any atom is 0.242 e. The standard InChI is InChI=1S/C23H24F3N7O2/c1-34-17-8-14(9-27-30-17)32-10-12-2-3-13(11-32)20(12)28-23-29-22-21(35-7-6-33(22)31-23)15-4-5-16(24)19(26)18(15)25/h4-5,8-9,12-13,20-21H,2-3,6-7,10-11H2,1H3,(H,28,31)/t12-,13+,20-,21-/m1/s1. The van der Waals surface area contributed by atoms with E-state index in [-0.39, 0.29) is 18.2 Å². The number of nitrogens with one attached hydrogen (secondary N) is 1. The van der Waals surface area contributed by atoms with Gasteiger partial charge in [0.1, 0.15) is 6.10 Å². The van der Waals surface area contributed by atoms with Gasteiger partial charge in [0, 0.05) is 30.8 Å². The van der Waals surface area contributed by atoms with Crippen LogP contribution in [-0.2, 0) is 11.3 Å². The molecule has 1 saturated carbocycles. The molecule has 184 valence electrons. The fourth-order valence-corrected chi connectivity index (χ4v) is 5.51. The normalized spacial score (nSPS) is 25.4. The Morgan fingerprint density at radius 3 is 2.69 bits per heavy atom. The number of methoxy groups -OCH3 is 1. The van der Waals surface area contributed by atoms with Crippen molar-refractivity contribution in [2.75, 3.05) is 37.0 Å². The SMILES string of the molecule is COc1cc(N2C[C@H]3CC[C@@H](C2)[C@@H]3Nc2nc3n(n2)CCO[C@@H]3c2ccc(F)c(F)c2F)cnn1. The summed E-state index contributed by atoms with van der Waals surface area (Å²) in [4.78, 5) is 6.88. The van der Waals surface area contributed by atoms with Gasteiger partial charge in [-0.15, -0.1) is 10.2 Å². The number of hydrogen-bond donors (Lipinski definition) is 1. The molecule has 3 aliphatic rings. The van der Waals surface area contributed by atoms with E-state index in [0.717, 1.165) is 37.7 Å². The number of anilines is 2. The summed E-state index contributed by atoms with van der Waals surface area (Å²) in [7, 11) is 1.57. The van der Waals surface area contributed by atoms with Crippen molar-refractivity contribution in [2.24, 2.45) is 11.8 Å². The molecular formula is C23H24F3N7O2. The first-order chi connectivity index (χ1) is 17.0. The van der Waals surface area contributed by atoms with Crippen molar-refractivity contribution in [3.8, 4) is 5.88 Å². The summed E-state index contributed by atoms with van der Waals surface area (Å²) in [6, 6.07) is 4.16. The van der Waals surface area contributed by atoms with Gasteiger partial charge in [-0.3, -0.25) is 0 Å². The van der Waals surface area contributed by atoms with Crippen LogP contribution in [0.5, 0.6) is 5.88 Å². The highest BCUT2D eigenvalue weighted by Gasteiger charge is 2.43. The molecule has 2 fully saturated rings. The molecule has 12 heteroatoms. The van der Waals surface area contributed by atoms with E-state index in [1.165, 1.54) is 6.07 Å². The van der Waals surface area contributed by atoms with Gasteiger partial charge in [-0.2, -0.15) is 10.1 Å². The van der Waals surface area contributed by atoms with E-state index >= 15 is 0 Å². The van der Waals surface area contributed by atoms with Crippen molar-refractivity contribution < 1.29 is 22.6 Å². The third-order valence-corrected chi connectivity index (χ3v) is 7.19. The Kier molecular flexibility index (Phi) is 5.47. The number of aromatic nitrogens is 5. The van der Waals surface area contributed by atoms with Gasteiger partial charge < -0.3 is 19.7 Å². The van der Waals surface area contributed by atoms with E-state index in [1.54, 1.807) is 18.0 Å². The number of halogens is 3. The number of rotatable bonds is 5. The fraction of sp³-hybridized carbons (Fsp3) is 0.478. The van der Waals surface area contributed by atoms with Gasteiger partial charge in [0.15, 0.2) is 23.3 Å². The minimum atomic E-state index is -1.52. The number of nitrogens with zero attached hydrogens (tertiary/aromatic N) is 6. The van der Waals surface area contributed by atoms with Gasteiger partial charge in [0.2, 0.25) is 11.8 Å². The highest BCUT2D eigenvalue weighted by atomic mass is 19.2. The van der Waals surface area contributed by atoms with Crippen molar-refractivity contribution in [3.63, 3.8) is 0 Å². The first kappa shape index (κ1) is 22.1. The minimum Gasteiger partial charge on any atom is -0.480 e. The second-order valence-corrected chi connectivity index (χ2v) is 9.16. The van der Waals surface area contributed by atoms with Gasteiger partial charge in [-0.1, -0.05) is 0 Å². The third-order valence-electron chi connectivity index (χ3n) is 7.19. The Morgan fingerprint density at radius 2 is 1.91 bits per heavy atom. The highest BCUT2D eigenvalue weighted by Crippen LogP contribution is 2.40. The van der Waals surface area contributed by atoms with Crippen LogP contribution in [0.25, 0.3) is 0 Å². The third kappa shape index (κ3) is 3.85. The first-order valence-electron chi connectivity index (χ1n) is 11.6. The van der Waals surface area contributed by atoms with Gasteiger partial charge in [0.25, 0.3) is 0 Å². The van der Waals surface area contributed by atoms with E-state index in [4.69, 9.17) is 9.47 Å². The molecule has 0 radical (unpaired) electrons. The van der Waals surface area contributed by atoms with Crippen LogP contribution in [0, 0.1) is 29.3 Å². The Bertz CT molecular complexity index is 1240. The number of fused-ring (bicyclic) bond motifs is 3. The molecule has 3 aromatic rings. The smallest absolute Gasteiger partial charge is 0.242 e. The summed E-state index contributed by atoms with van der Waals surface area (Å²) in [6.07, 6.45) is 2.94. The molecule has 2 bridgehead atoms. The van der Waals surface area contributed by atoms with Crippen LogP contribution in [0.3, 0.4) is 0 Å². The van der Waals surface area contributed by atoms with E-state index in [1.807, 2.05) is 6.07 Å². The largest absolute Gasteiger partial charge is 0.480 e. The molecule has 0 amide bonds. The molecule has 1 saturated heterocycles. The minimum absolute atomic E-state index is 0.0985. The van der Waals surface area contributed by atoms with Crippen molar-refractivity contribution >= 4 is 11.6 Å². The lowest BCUT2D eigenvalue weighted by molar-refractivity contribution is 0.0364. The average Bonchev–Trinajstić information content (AvgIpc) is 3.38. The molecule has 0 unspecified atom stereocenters. The lowest BCUT2D eigenvalue weighted by Crippen LogP contribution is -2.48. The number of ether oxygens (including phenoxy) is 2. The predicted octanol–water partition coefficient (Wildman–Crippen LogP) is 2.94. The number of benzene rings is 1. The summed E-state index contributed by atoms with van der Waals surface area (Å²) in [5, 5.41) is 16.0. The zero-order valence-corrected chi connectivity index (χ0v) is 19.0. The molecule has 1 N–H and O–H groups in total. The molecule has 2 aliphatic heterocycles. The van der Waals surface area contributed by atoms with Crippen LogP contribution in [0.15, 0.2) is 24.4 Å². The lowest BCUT2D eigenvalue weighted by Gasteiger charge is -2.39. The Morgan fingerprint density at radius 1 is 1.11 bits per heavy atom. The zero-order chi connectivity index (χ0) is 24.1. The van der Waals surface area contributed by atoms with Crippen molar-refractivity contribution in [2.45, 2.75) is 31.5 Å². The molecular weight excluding hydrogens is 463 g/mol. The van der Waals surface area contributed by atoms with Gasteiger partial charge in [0.05, 0.1) is 32.1 Å². The predicted molar refractivity (Wildman–Crippen MR) is 119 cm³/mol. The van der Waals surface area contributed by atoms with Gasteiger partial charge in [-0.25, -0.2) is 17.9 Å². The highest BCUT2D eigenvalue weighted by molar-refractivity contribution is 5.48. The van der Waals surface area contributed by atoms with E-state index in [9.17, 15) is 13.2 Å². The second kappa shape index (κ2) is 8.67. The summed E-state index contributed by atoms with van der Waals surface area (Å²) in [6.45, 7) is 2.39. The summed E-state index contributed by atoms with van der Waals surface area (Å²) >= 11 is 0. The topological polar surface area (TPSA) is 90.2 Å². The van der Waals surface area contributed by atoms with Gasteiger partial charge >= 0.3 is 0 Å². The lowest BCUT2D eigenvalue weighted by atomic mass is 9.92. The van der Waals surface area contributed by atoms with Crippen LogP contribution >= 0.6 is 0 Å². The number of hydrogen-bond acceptors (Lipinski definition) is 8. The maximum atomic E-state index is 14.5. The Labute approximate surface area is 199 Å². The Balaban J connectivity index is 1.21. The molecule has 4 atom stereocenters. The van der Waals surface area contributed by atoms with Crippen molar-refractivity contribution in [3.05, 3.63) is 53.2 Å². The summed E-state index contributed by atoms with van der Waals surface area (Å²) < 4.78 is 54.3. The van der Waals surface area contributed by atoms with Gasteiger partial charge in [-0.05, 0) is 36.8 Å². The molecule has 35 heavy (non-hydrogen) atoms. The van der Waals surface area contributed by atoms with Crippen LogP contribution in [0.2, 0.25) is 0 Å². The Hall–Kier alpha value is -3.41. The van der Waals surface area contributed by atoms with E-state index in [2.05, 4.69) is 30.5 Å². The van der Waals surface area contributed by atoms with E-state index < -0.39 is 23.6 Å².